The van der Waals surface area contributed by atoms with E-state index < -0.39 is 0 Å². The summed E-state index contributed by atoms with van der Waals surface area (Å²) in [5, 5.41) is 7.91. The summed E-state index contributed by atoms with van der Waals surface area (Å²) in [6.07, 6.45) is 2.90. The summed E-state index contributed by atoms with van der Waals surface area (Å²) < 4.78 is 0. The van der Waals surface area contributed by atoms with Crippen LogP contribution in [0.25, 0.3) is 10.8 Å². The lowest BCUT2D eigenvalue weighted by Crippen LogP contribution is -2.24. The number of nitrogen functional groups attached to an aromatic ring is 1. The monoisotopic (exact) mass is 389 g/mol. The molecule has 0 saturated carbocycles. The van der Waals surface area contributed by atoms with Crippen molar-refractivity contribution in [3.8, 4) is 0 Å². The van der Waals surface area contributed by atoms with Crippen molar-refractivity contribution in [2.24, 2.45) is 0 Å². The van der Waals surface area contributed by atoms with Crippen LogP contribution in [-0.4, -0.2) is 18.4 Å². The van der Waals surface area contributed by atoms with Gasteiger partial charge in [-0.05, 0) is 54.8 Å². The molecule has 0 aromatic heterocycles. The minimum atomic E-state index is -0.0606. The molecular formula is C24H27N3O2. The number of nitrogens with one attached hydrogen (secondary N) is 2. The van der Waals surface area contributed by atoms with E-state index in [2.05, 4.69) is 10.6 Å². The zero-order valence-corrected chi connectivity index (χ0v) is 16.7. The Labute approximate surface area is 171 Å². The van der Waals surface area contributed by atoms with Gasteiger partial charge in [-0.2, -0.15) is 0 Å². The second-order valence-electron chi connectivity index (χ2n) is 7.27. The fraction of sp³-hybridized carbons (Fsp3) is 0.250. The van der Waals surface area contributed by atoms with Crippen molar-refractivity contribution in [3.05, 3.63) is 71.8 Å². The van der Waals surface area contributed by atoms with Crippen LogP contribution >= 0.6 is 0 Å². The molecule has 5 heteroatoms. The number of hydrogen-bond donors (Lipinski definition) is 3. The average Bonchev–Trinajstić information content (AvgIpc) is 2.71. The standard InChI is InChI=1S/C24H27N3O2/c1-17-10-12-18(13-11-17)24(29)26-14-6-2-3-9-23(28)27-22-16-20-8-5-4-7-19(20)15-21(22)25/h4-5,7-8,10-13,15-16H,2-3,6,9,14,25H2,1H3,(H,26,29)(H,27,28). The number of amides is 2. The maximum absolute atomic E-state index is 12.2. The predicted molar refractivity (Wildman–Crippen MR) is 119 cm³/mol. The molecule has 0 radical (unpaired) electrons. The van der Waals surface area contributed by atoms with Gasteiger partial charge in [0.2, 0.25) is 5.91 Å². The van der Waals surface area contributed by atoms with Gasteiger partial charge in [0.05, 0.1) is 11.4 Å². The Balaban J connectivity index is 1.36. The van der Waals surface area contributed by atoms with E-state index in [4.69, 9.17) is 5.73 Å². The van der Waals surface area contributed by atoms with Gasteiger partial charge in [-0.1, -0.05) is 48.4 Å². The van der Waals surface area contributed by atoms with E-state index in [1.54, 1.807) is 0 Å². The molecule has 0 heterocycles. The van der Waals surface area contributed by atoms with Crippen LogP contribution in [0.3, 0.4) is 0 Å². The van der Waals surface area contributed by atoms with Crippen LogP contribution in [0.15, 0.2) is 60.7 Å². The highest BCUT2D eigenvalue weighted by Crippen LogP contribution is 2.26. The van der Waals surface area contributed by atoms with Crippen LogP contribution in [0, 0.1) is 6.92 Å². The summed E-state index contributed by atoms with van der Waals surface area (Å²) in [5.74, 6) is -0.106. The van der Waals surface area contributed by atoms with Gasteiger partial charge in [0, 0.05) is 18.5 Å². The first kappa shape index (κ1) is 20.4. The Kier molecular flexibility index (Phi) is 6.85. The van der Waals surface area contributed by atoms with Crippen molar-refractivity contribution in [2.45, 2.75) is 32.6 Å². The van der Waals surface area contributed by atoms with Crippen LogP contribution in [0.5, 0.6) is 0 Å². The fourth-order valence-corrected chi connectivity index (χ4v) is 3.18. The zero-order valence-electron chi connectivity index (χ0n) is 16.7. The molecule has 4 N–H and O–H groups in total. The number of carbonyl (C=O) groups excluding carboxylic acids is 2. The Hall–Kier alpha value is -3.34. The molecule has 0 spiro atoms. The summed E-state index contributed by atoms with van der Waals surface area (Å²) >= 11 is 0. The number of rotatable bonds is 8. The molecule has 29 heavy (non-hydrogen) atoms. The molecule has 0 aliphatic heterocycles. The summed E-state index contributed by atoms with van der Waals surface area (Å²) in [4.78, 5) is 24.3. The van der Waals surface area contributed by atoms with Crippen molar-refractivity contribution in [1.29, 1.82) is 0 Å². The van der Waals surface area contributed by atoms with Crippen molar-refractivity contribution in [1.82, 2.24) is 5.32 Å². The third-order valence-corrected chi connectivity index (χ3v) is 4.87. The highest BCUT2D eigenvalue weighted by atomic mass is 16.2. The third kappa shape index (κ3) is 5.82. The Morgan fingerprint density at radius 2 is 1.59 bits per heavy atom. The first-order valence-electron chi connectivity index (χ1n) is 9.96. The topological polar surface area (TPSA) is 84.2 Å². The molecule has 3 aromatic carbocycles. The lowest BCUT2D eigenvalue weighted by atomic mass is 10.1. The average molecular weight is 389 g/mol. The van der Waals surface area contributed by atoms with E-state index in [9.17, 15) is 9.59 Å². The number of hydrogen-bond acceptors (Lipinski definition) is 3. The number of anilines is 2. The van der Waals surface area contributed by atoms with E-state index in [0.29, 0.717) is 29.9 Å². The van der Waals surface area contributed by atoms with Crippen molar-refractivity contribution in [3.63, 3.8) is 0 Å². The Morgan fingerprint density at radius 1 is 0.897 bits per heavy atom. The minimum absolute atomic E-state index is 0.0457. The van der Waals surface area contributed by atoms with Gasteiger partial charge in [-0.25, -0.2) is 0 Å². The van der Waals surface area contributed by atoms with Gasteiger partial charge in [-0.15, -0.1) is 0 Å². The summed E-state index contributed by atoms with van der Waals surface area (Å²) in [5.41, 5.74) is 9.08. The van der Waals surface area contributed by atoms with Gasteiger partial charge in [0.1, 0.15) is 0 Å². The fourth-order valence-electron chi connectivity index (χ4n) is 3.18. The van der Waals surface area contributed by atoms with Crippen LogP contribution in [-0.2, 0) is 4.79 Å². The highest BCUT2D eigenvalue weighted by Gasteiger charge is 2.07. The normalized spacial score (nSPS) is 10.7. The van der Waals surface area contributed by atoms with Crippen molar-refractivity contribution < 1.29 is 9.59 Å². The van der Waals surface area contributed by atoms with Crippen LogP contribution in [0.4, 0.5) is 11.4 Å². The molecule has 2 amide bonds. The van der Waals surface area contributed by atoms with E-state index in [-0.39, 0.29) is 11.8 Å². The molecule has 150 valence electrons. The van der Waals surface area contributed by atoms with Gasteiger partial charge in [0.15, 0.2) is 0 Å². The second kappa shape index (κ2) is 9.73. The van der Waals surface area contributed by atoms with Crippen LogP contribution in [0.2, 0.25) is 0 Å². The minimum Gasteiger partial charge on any atom is -0.397 e. The van der Waals surface area contributed by atoms with E-state index in [0.717, 1.165) is 35.6 Å². The molecular weight excluding hydrogens is 362 g/mol. The predicted octanol–water partition coefficient (Wildman–Crippen LogP) is 4.66. The number of fused-ring (bicyclic) bond motifs is 1. The third-order valence-electron chi connectivity index (χ3n) is 4.87. The molecule has 0 aliphatic rings. The summed E-state index contributed by atoms with van der Waals surface area (Å²) in [6.45, 7) is 2.60. The van der Waals surface area contributed by atoms with Gasteiger partial charge in [-0.3, -0.25) is 9.59 Å². The van der Waals surface area contributed by atoms with E-state index in [1.807, 2.05) is 67.6 Å². The van der Waals surface area contributed by atoms with Crippen LogP contribution in [0.1, 0.15) is 41.6 Å². The summed E-state index contributed by atoms with van der Waals surface area (Å²) in [6, 6.07) is 19.2. The van der Waals surface area contributed by atoms with E-state index in [1.165, 1.54) is 0 Å². The molecule has 0 fully saturated rings. The molecule has 0 unspecified atom stereocenters. The largest absolute Gasteiger partial charge is 0.397 e. The Bertz CT molecular complexity index is 997. The SMILES string of the molecule is Cc1ccc(C(=O)NCCCCCC(=O)Nc2cc3ccccc3cc2N)cc1. The highest BCUT2D eigenvalue weighted by molar-refractivity contribution is 5.99. The Morgan fingerprint density at radius 3 is 2.31 bits per heavy atom. The zero-order chi connectivity index (χ0) is 20.6. The molecule has 3 aromatic rings. The van der Waals surface area contributed by atoms with Crippen molar-refractivity contribution >= 4 is 34.0 Å². The lowest BCUT2D eigenvalue weighted by Gasteiger charge is -2.10. The number of carbonyl (C=O) groups is 2. The lowest BCUT2D eigenvalue weighted by molar-refractivity contribution is -0.116. The maximum Gasteiger partial charge on any atom is 0.251 e. The second-order valence-corrected chi connectivity index (χ2v) is 7.27. The molecule has 5 nitrogen and oxygen atoms in total. The van der Waals surface area contributed by atoms with Gasteiger partial charge >= 0.3 is 0 Å². The first-order chi connectivity index (χ1) is 14.0. The molecule has 0 atom stereocenters. The van der Waals surface area contributed by atoms with Crippen LogP contribution < -0.4 is 16.4 Å². The molecule has 0 bridgehead atoms. The molecule has 0 aliphatic carbocycles. The quantitative estimate of drug-likeness (QED) is 0.387. The van der Waals surface area contributed by atoms with E-state index >= 15 is 0 Å². The number of unbranched alkanes of at least 4 members (excludes halogenated alkanes) is 2. The molecule has 3 rings (SSSR count). The van der Waals surface area contributed by atoms with Gasteiger partial charge in [0.25, 0.3) is 5.91 Å². The van der Waals surface area contributed by atoms with Crippen molar-refractivity contribution in [2.75, 3.05) is 17.6 Å². The van der Waals surface area contributed by atoms with Gasteiger partial charge < -0.3 is 16.4 Å². The number of aryl methyl sites for hydroxylation is 1. The summed E-state index contributed by atoms with van der Waals surface area (Å²) in [7, 11) is 0. The first-order valence-corrected chi connectivity index (χ1v) is 9.96. The number of benzene rings is 3. The maximum atomic E-state index is 12.2. The molecule has 0 saturated heterocycles. The number of nitrogens with two attached hydrogens (primary N) is 1. The smallest absolute Gasteiger partial charge is 0.251 e.